The summed E-state index contributed by atoms with van der Waals surface area (Å²) in [7, 11) is 0. The highest BCUT2D eigenvalue weighted by molar-refractivity contribution is 5.04. The molecule has 1 nitrogen and oxygen atoms in total. The lowest BCUT2D eigenvalue weighted by molar-refractivity contribution is -0.207. The van der Waals surface area contributed by atoms with E-state index in [9.17, 15) is 13.2 Å². The molecule has 0 amide bonds. The fourth-order valence-corrected chi connectivity index (χ4v) is 1.41. The Morgan fingerprint density at radius 3 is 2.09 bits per heavy atom. The molecule has 66 valence electrons. The van der Waals surface area contributed by atoms with Crippen LogP contribution in [0.1, 0.15) is 26.2 Å². The molecule has 0 bridgehead atoms. The Hall–Kier alpha value is -0.250. The normalized spacial score (nSPS) is 29.2. The molecule has 1 unspecified atom stereocenters. The minimum absolute atomic E-state index is 0.187. The molecule has 1 fully saturated rings. The second-order valence-corrected chi connectivity index (χ2v) is 3.17. The van der Waals surface area contributed by atoms with Gasteiger partial charge in [0.1, 0.15) is 5.67 Å². The second-order valence-electron chi connectivity index (χ2n) is 3.17. The minimum Gasteiger partial charge on any atom is -0.390 e. The third kappa shape index (κ3) is 1.50. The van der Waals surface area contributed by atoms with Gasteiger partial charge >= 0.3 is 0 Å². The van der Waals surface area contributed by atoms with Crippen LogP contribution in [0.4, 0.5) is 13.2 Å². The Balaban J connectivity index is 2.49. The zero-order valence-corrected chi connectivity index (χ0v) is 6.28. The number of hydrogen-bond acceptors (Lipinski definition) is 1. The summed E-state index contributed by atoms with van der Waals surface area (Å²) in [4.78, 5) is 0. The van der Waals surface area contributed by atoms with Gasteiger partial charge in [-0.1, -0.05) is 6.92 Å². The second kappa shape index (κ2) is 2.37. The summed E-state index contributed by atoms with van der Waals surface area (Å²) >= 11 is 0. The first-order chi connectivity index (χ1) is 4.90. The summed E-state index contributed by atoms with van der Waals surface area (Å²) < 4.78 is 37.4. The molecule has 1 N–H and O–H groups in total. The topological polar surface area (TPSA) is 20.2 Å². The molecule has 0 aromatic carbocycles. The summed E-state index contributed by atoms with van der Waals surface area (Å²) in [6, 6.07) is 0. The number of aliphatic hydroxyl groups is 1. The molecule has 1 rings (SSSR count). The van der Waals surface area contributed by atoms with Crippen LogP contribution in [0.3, 0.4) is 0 Å². The third-order valence-corrected chi connectivity index (χ3v) is 2.09. The molecular weight excluding hydrogens is 157 g/mol. The first-order valence-corrected chi connectivity index (χ1v) is 3.64. The Kier molecular flexibility index (Phi) is 1.90. The molecule has 0 aliphatic heterocycles. The lowest BCUT2D eigenvalue weighted by Gasteiger charge is -2.43. The molecule has 0 aromatic heterocycles. The van der Waals surface area contributed by atoms with E-state index in [0.717, 1.165) is 0 Å². The summed E-state index contributed by atoms with van der Waals surface area (Å²) in [5.74, 6) is -2.90. The Labute approximate surface area is 63.2 Å². The number of rotatable bonds is 2. The van der Waals surface area contributed by atoms with Crippen LogP contribution >= 0.6 is 0 Å². The van der Waals surface area contributed by atoms with Gasteiger partial charge in [0.25, 0.3) is 5.92 Å². The molecule has 0 spiro atoms. The highest BCUT2D eigenvalue weighted by Crippen LogP contribution is 2.50. The summed E-state index contributed by atoms with van der Waals surface area (Å²) in [6.45, 7) is 1.57. The minimum atomic E-state index is -2.90. The standard InChI is InChI=1S/C7H11F3O/c1-2-5(11)6(8)3-7(9,10)4-6/h5,11H,2-4H2,1H3. The van der Waals surface area contributed by atoms with Crippen LogP contribution < -0.4 is 0 Å². The Morgan fingerprint density at radius 1 is 1.36 bits per heavy atom. The predicted molar refractivity (Wildman–Crippen MR) is 34.3 cm³/mol. The fraction of sp³-hybridized carbons (Fsp3) is 1.00. The fourth-order valence-electron chi connectivity index (χ4n) is 1.41. The van der Waals surface area contributed by atoms with Crippen LogP contribution in [-0.2, 0) is 0 Å². The molecular formula is C7H11F3O. The van der Waals surface area contributed by atoms with E-state index in [1.807, 2.05) is 0 Å². The van der Waals surface area contributed by atoms with Gasteiger partial charge in [-0.15, -0.1) is 0 Å². The average molecular weight is 168 g/mol. The van der Waals surface area contributed by atoms with E-state index in [1.165, 1.54) is 0 Å². The smallest absolute Gasteiger partial charge is 0.254 e. The van der Waals surface area contributed by atoms with Crippen molar-refractivity contribution in [2.75, 3.05) is 0 Å². The quantitative estimate of drug-likeness (QED) is 0.667. The van der Waals surface area contributed by atoms with Gasteiger partial charge in [-0.3, -0.25) is 0 Å². The van der Waals surface area contributed by atoms with E-state index in [1.54, 1.807) is 6.92 Å². The predicted octanol–water partition coefficient (Wildman–Crippen LogP) is 1.89. The summed E-state index contributed by atoms with van der Waals surface area (Å²) in [5.41, 5.74) is -2.03. The van der Waals surface area contributed by atoms with Crippen molar-refractivity contribution in [2.24, 2.45) is 0 Å². The molecule has 1 aliphatic carbocycles. The maximum Gasteiger partial charge on any atom is 0.254 e. The highest BCUT2D eigenvalue weighted by Gasteiger charge is 2.60. The lowest BCUT2D eigenvalue weighted by atomic mass is 9.74. The van der Waals surface area contributed by atoms with Gasteiger partial charge in [0.05, 0.1) is 6.10 Å². The van der Waals surface area contributed by atoms with Crippen molar-refractivity contribution < 1.29 is 18.3 Å². The van der Waals surface area contributed by atoms with E-state index >= 15 is 0 Å². The molecule has 0 aromatic rings. The van der Waals surface area contributed by atoms with E-state index in [2.05, 4.69) is 0 Å². The molecule has 1 aliphatic rings. The maximum absolute atomic E-state index is 13.1. The van der Waals surface area contributed by atoms with Gasteiger partial charge < -0.3 is 5.11 Å². The zero-order valence-electron chi connectivity index (χ0n) is 6.28. The average Bonchev–Trinajstić information content (AvgIpc) is 1.81. The molecule has 1 saturated carbocycles. The first kappa shape index (κ1) is 8.84. The lowest BCUT2D eigenvalue weighted by Crippen LogP contribution is -2.55. The monoisotopic (exact) mass is 168 g/mol. The van der Waals surface area contributed by atoms with Gasteiger partial charge in [0, 0.05) is 12.8 Å². The van der Waals surface area contributed by atoms with E-state index in [0.29, 0.717) is 0 Å². The van der Waals surface area contributed by atoms with Crippen molar-refractivity contribution in [2.45, 2.75) is 43.9 Å². The van der Waals surface area contributed by atoms with Crippen molar-refractivity contribution in [1.29, 1.82) is 0 Å². The molecule has 4 heteroatoms. The van der Waals surface area contributed by atoms with Crippen molar-refractivity contribution in [1.82, 2.24) is 0 Å². The van der Waals surface area contributed by atoms with Gasteiger partial charge in [-0.05, 0) is 6.42 Å². The maximum atomic E-state index is 13.1. The van der Waals surface area contributed by atoms with Gasteiger partial charge in [-0.2, -0.15) is 0 Å². The van der Waals surface area contributed by atoms with E-state index < -0.39 is 30.5 Å². The van der Waals surface area contributed by atoms with Crippen LogP contribution in [0, 0.1) is 0 Å². The molecule has 0 heterocycles. The number of aliphatic hydroxyl groups excluding tert-OH is 1. The first-order valence-electron chi connectivity index (χ1n) is 3.64. The number of hydrogen-bond donors (Lipinski definition) is 1. The Morgan fingerprint density at radius 2 is 1.82 bits per heavy atom. The Bertz CT molecular complexity index is 150. The van der Waals surface area contributed by atoms with Crippen molar-refractivity contribution in [3.8, 4) is 0 Å². The SMILES string of the molecule is CCC(O)C1(F)CC(F)(F)C1. The molecule has 0 radical (unpaired) electrons. The molecule has 1 atom stereocenters. The summed E-state index contributed by atoms with van der Waals surface area (Å²) in [6.07, 6.45) is -2.70. The van der Waals surface area contributed by atoms with Crippen LogP contribution in [0.2, 0.25) is 0 Å². The van der Waals surface area contributed by atoms with Crippen LogP contribution in [0.15, 0.2) is 0 Å². The van der Waals surface area contributed by atoms with Gasteiger partial charge in [-0.25, -0.2) is 13.2 Å². The van der Waals surface area contributed by atoms with E-state index in [-0.39, 0.29) is 6.42 Å². The highest BCUT2D eigenvalue weighted by atomic mass is 19.3. The van der Waals surface area contributed by atoms with Gasteiger partial charge in [0.15, 0.2) is 0 Å². The summed E-state index contributed by atoms with van der Waals surface area (Å²) in [5, 5.41) is 8.96. The van der Waals surface area contributed by atoms with Crippen molar-refractivity contribution in [3.63, 3.8) is 0 Å². The number of halogens is 3. The van der Waals surface area contributed by atoms with Crippen molar-refractivity contribution in [3.05, 3.63) is 0 Å². The van der Waals surface area contributed by atoms with Crippen molar-refractivity contribution >= 4 is 0 Å². The van der Waals surface area contributed by atoms with Gasteiger partial charge in [0.2, 0.25) is 0 Å². The molecule has 11 heavy (non-hydrogen) atoms. The van der Waals surface area contributed by atoms with Crippen LogP contribution in [0.25, 0.3) is 0 Å². The largest absolute Gasteiger partial charge is 0.390 e. The molecule has 0 saturated heterocycles. The van der Waals surface area contributed by atoms with Crippen LogP contribution in [0.5, 0.6) is 0 Å². The zero-order chi connectivity index (χ0) is 8.70. The number of alkyl halides is 3. The third-order valence-electron chi connectivity index (χ3n) is 2.09. The van der Waals surface area contributed by atoms with Crippen LogP contribution in [-0.4, -0.2) is 22.8 Å². The van der Waals surface area contributed by atoms with E-state index in [4.69, 9.17) is 5.11 Å².